The van der Waals surface area contributed by atoms with E-state index in [1.165, 1.54) is 6.42 Å². The van der Waals surface area contributed by atoms with Crippen molar-refractivity contribution in [2.24, 2.45) is 11.8 Å². The van der Waals surface area contributed by atoms with Gasteiger partial charge in [0.15, 0.2) is 0 Å². The van der Waals surface area contributed by atoms with Crippen LogP contribution in [0.3, 0.4) is 0 Å². The van der Waals surface area contributed by atoms with Crippen LogP contribution in [0, 0.1) is 11.8 Å². The van der Waals surface area contributed by atoms with E-state index in [9.17, 15) is 4.79 Å². The van der Waals surface area contributed by atoms with Crippen molar-refractivity contribution in [3.8, 4) is 0 Å². The van der Waals surface area contributed by atoms with Crippen LogP contribution in [0.1, 0.15) is 46.0 Å². The molecule has 2 heteroatoms. The van der Waals surface area contributed by atoms with Gasteiger partial charge in [-0.1, -0.05) is 13.8 Å². The highest BCUT2D eigenvalue weighted by Crippen LogP contribution is 2.39. The molecule has 0 aromatic rings. The van der Waals surface area contributed by atoms with Gasteiger partial charge >= 0.3 is 0 Å². The maximum atomic E-state index is 11.9. The van der Waals surface area contributed by atoms with Crippen LogP contribution in [-0.2, 0) is 9.53 Å². The second-order valence-corrected chi connectivity index (χ2v) is 5.11. The Kier molecular flexibility index (Phi) is 2.91. The smallest absolute Gasteiger partial charge is 0.138 e. The highest BCUT2D eigenvalue weighted by Gasteiger charge is 2.43. The van der Waals surface area contributed by atoms with Crippen LogP contribution >= 0.6 is 0 Å². The number of ether oxygens (including phenoxy) is 1. The third-order valence-electron chi connectivity index (χ3n) is 3.49. The zero-order chi connectivity index (χ0) is 10.1. The molecule has 0 saturated carbocycles. The van der Waals surface area contributed by atoms with Crippen molar-refractivity contribution in [1.82, 2.24) is 0 Å². The van der Waals surface area contributed by atoms with Crippen LogP contribution in [0.4, 0.5) is 0 Å². The molecule has 0 N–H and O–H groups in total. The molecule has 0 radical (unpaired) electrons. The normalized spacial score (nSPS) is 35.5. The Balaban J connectivity index is 1.81. The van der Waals surface area contributed by atoms with Gasteiger partial charge in [0, 0.05) is 12.3 Å². The van der Waals surface area contributed by atoms with Crippen molar-refractivity contribution in [3.63, 3.8) is 0 Å². The summed E-state index contributed by atoms with van der Waals surface area (Å²) in [7, 11) is 0. The Hall–Kier alpha value is -0.370. The van der Waals surface area contributed by atoms with Crippen LogP contribution in [0.2, 0.25) is 0 Å². The first kappa shape index (κ1) is 10.2. The lowest BCUT2D eigenvalue weighted by Crippen LogP contribution is -2.25. The molecule has 80 valence electrons. The van der Waals surface area contributed by atoms with Gasteiger partial charge in [0.1, 0.15) is 5.78 Å². The number of carbonyl (C=O) groups excluding carboxylic acids is 1. The molecule has 2 aliphatic rings. The monoisotopic (exact) mass is 196 g/mol. The Morgan fingerprint density at radius 1 is 1.43 bits per heavy atom. The molecule has 2 fully saturated rings. The Bertz CT molecular complexity index is 222. The molecule has 14 heavy (non-hydrogen) atoms. The van der Waals surface area contributed by atoms with E-state index in [4.69, 9.17) is 4.74 Å². The van der Waals surface area contributed by atoms with Gasteiger partial charge in [-0.3, -0.25) is 4.79 Å². The number of hydrogen-bond acceptors (Lipinski definition) is 2. The molecule has 2 heterocycles. The first-order valence-corrected chi connectivity index (χ1v) is 5.85. The molecule has 3 unspecified atom stereocenters. The third-order valence-corrected chi connectivity index (χ3v) is 3.49. The summed E-state index contributed by atoms with van der Waals surface area (Å²) in [5.74, 6) is 1.33. The van der Waals surface area contributed by atoms with Crippen molar-refractivity contribution in [2.45, 2.75) is 58.2 Å². The van der Waals surface area contributed by atoms with Crippen LogP contribution in [0.5, 0.6) is 0 Å². The van der Waals surface area contributed by atoms with Gasteiger partial charge in [-0.2, -0.15) is 0 Å². The second-order valence-electron chi connectivity index (χ2n) is 5.11. The molecule has 2 saturated heterocycles. The van der Waals surface area contributed by atoms with E-state index in [-0.39, 0.29) is 12.0 Å². The quantitative estimate of drug-likeness (QED) is 0.690. The predicted octanol–water partition coefficient (Wildman–Crippen LogP) is 2.56. The Morgan fingerprint density at radius 2 is 2.21 bits per heavy atom. The average molecular weight is 196 g/mol. The summed E-state index contributed by atoms with van der Waals surface area (Å²) in [6.07, 6.45) is 5.78. The molecular weight excluding hydrogens is 176 g/mol. The lowest BCUT2D eigenvalue weighted by Gasteiger charge is -2.17. The van der Waals surface area contributed by atoms with Gasteiger partial charge in [-0.15, -0.1) is 0 Å². The van der Waals surface area contributed by atoms with Gasteiger partial charge < -0.3 is 4.74 Å². The largest absolute Gasteiger partial charge is 0.374 e. The zero-order valence-corrected chi connectivity index (χ0v) is 9.16. The maximum absolute atomic E-state index is 11.9. The lowest BCUT2D eigenvalue weighted by molar-refractivity contribution is -0.124. The van der Waals surface area contributed by atoms with Crippen molar-refractivity contribution < 1.29 is 9.53 Å². The van der Waals surface area contributed by atoms with Gasteiger partial charge in [0.25, 0.3) is 0 Å². The van der Waals surface area contributed by atoms with Crippen LogP contribution in [-0.4, -0.2) is 18.0 Å². The summed E-state index contributed by atoms with van der Waals surface area (Å²) >= 11 is 0. The summed E-state index contributed by atoms with van der Waals surface area (Å²) in [4.78, 5) is 11.9. The van der Waals surface area contributed by atoms with Gasteiger partial charge in [0.05, 0.1) is 12.2 Å². The Morgan fingerprint density at radius 3 is 2.71 bits per heavy atom. The van der Waals surface area contributed by atoms with E-state index in [0.717, 1.165) is 25.7 Å². The van der Waals surface area contributed by atoms with Crippen molar-refractivity contribution in [1.29, 1.82) is 0 Å². The highest BCUT2D eigenvalue weighted by atomic mass is 16.5. The molecule has 2 aliphatic heterocycles. The SMILES string of the molecule is CC(C)CCC(=O)C1CC2CCC1O2. The summed E-state index contributed by atoms with van der Waals surface area (Å²) in [5.41, 5.74) is 0. The molecule has 3 atom stereocenters. The Labute approximate surface area is 86.0 Å². The fraction of sp³-hybridized carbons (Fsp3) is 0.917. The van der Waals surface area contributed by atoms with Crippen LogP contribution in [0.25, 0.3) is 0 Å². The van der Waals surface area contributed by atoms with Gasteiger partial charge in [-0.25, -0.2) is 0 Å². The van der Waals surface area contributed by atoms with E-state index in [1.807, 2.05) is 0 Å². The minimum Gasteiger partial charge on any atom is -0.374 e. The molecule has 0 spiro atoms. The number of rotatable bonds is 4. The molecule has 2 nitrogen and oxygen atoms in total. The molecule has 0 aromatic heterocycles. The average Bonchev–Trinajstić information content (AvgIpc) is 2.74. The molecule has 0 amide bonds. The number of carbonyl (C=O) groups is 1. The minimum atomic E-state index is 0.243. The van der Waals surface area contributed by atoms with E-state index < -0.39 is 0 Å². The van der Waals surface area contributed by atoms with Gasteiger partial charge in [0.2, 0.25) is 0 Å². The van der Waals surface area contributed by atoms with Crippen LogP contribution < -0.4 is 0 Å². The summed E-state index contributed by atoms with van der Waals surface area (Å²) in [6.45, 7) is 4.34. The van der Waals surface area contributed by atoms with E-state index in [0.29, 0.717) is 17.8 Å². The molecule has 2 rings (SSSR count). The molecular formula is C12H20O2. The lowest BCUT2D eigenvalue weighted by atomic mass is 9.84. The van der Waals surface area contributed by atoms with E-state index in [1.54, 1.807) is 0 Å². The second kappa shape index (κ2) is 4.01. The minimum absolute atomic E-state index is 0.243. The number of fused-ring (bicyclic) bond motifs is 2. The molecule has 2 bridgehead atoms. The van der Waals surface area contributed by atoms with Gasteiger partial charge in [-0.05, 0) is 31.6 Å². The zero-order valence-electron chi connectivity index (χ0n) is 9.16. The third kappa shape index (κ3) is 2.00. The molecule has 0 aromatic carbocycles. The first-order valence-electron chi connectivity index (χ1n) is 5.85. The predicted molar refractivity (Wildman–Crippen MR) is 55.1 cm³/mol. The summed E-state index contributed by atoms with van der Waals surface area (Å²) in [6, 6.07) is 0. The maximum Gasteiger partial charge on any atom is 0.138 e. The summed E-state index contributed by atoms with van der Waals surface area (Å²) in [5, 5.41) is 0. The van der Waals surface area contributed by atoms with E-state index in [2.05, 4.69) is 13.8 Å². The fourth-order valence-electron chi connectivity index (χ4n) is 2.59. The summed E-state index contributed by atoms with van der Waals surface area (Å²) < 4.78 is 5.69. The van der Waals surface area contributed by atoms with E-state index >= 15 is 0 Å². The van der Waals surface area contributed by atoms with Crippen molar-refractivity contribution in [3.05, 3.63) is 0 Å². The van der Waals surface area contributed by atoms with Crippen molar-refractivity contribution in [2.75, 3.05) is 0 Å². The highest BCUT2D eigenvalue weighted by molar-refractivity contribution is 5.82. The van der Waals surface area contributed by atoms with Crippen molar-refractivity contribution >= 4 is 5.78 Å². The number of hydrogen-bond donors (Lipinski definition) is 0. The van der Waals surface area contributed by atoms with Crippen LogP contribution in [0.15, 0.2) is 0 Å². The first-order chi connectivity index (χ1) is 6.66. The number of Topliss-reactive ketones (excluding diaryl/α,β-unsaturated/α-hetero) is 1. The topological polar surface area (TPSA) is 26.3 Å². The number of ketones is 1. The standard InChI is InChI=1S/C12H20O2/c1-8(2)3-5-11(13)10-7-9-4-6-12(10)14-9/h8-10,12H,3-7H2,1-2H3. The molecule has 0 aliphatic carbocycles. The fourth-order valence-corrected chi connectivity index (χ4v) is 2.59.